The van der Waals surface area contributed by atoms with Gasteiger partial charge in [-0.3, -0.25) is 9.80 Å². The van der Waals surface area contributed by atoms with Crippen LogP contribution < -0.4 is 5.32 Å². The fourth-order valence-electron chi connectivity index (χ4n) is 4.52. The average molecular weight is 296 g/mol. The highest BCUT2D eigenvalue weighted by molar-refractivity contribution is 4.95. The lowest BCUT2D eigenvalue weighted by Gasteiger charge is -2.50. The summed E-state index contributed by atoms with van der Waals surface area (Å²) in [5, 5.41) is 3.78. The third-order valence-electron chi connectivity index (χ3n) is 5.95. The predicted molar refractivity (Wildman–Crippen MR) is 91.8 cm³/mol. The molecule has 1 aliphatic carbocycles. The molecule has 0 aromatic rings. The maximum Gasteiger partial charge on any atom is 0.0253 e. The van der Waals surface area contributed by atoms with Crippen LogP contribution in [-0.2, 0) is 0 Å². The zero-order valence-corrected chi connectivity index (χ0v) is 14.9. The van der Waals surface area contributed by atoms with Gasteiger partial charge in [-0.25, -0.2) is 0 Å². The first-order valence-corrected chi connectivity index (χ1v) is 9.26. The van der Waals surface area contributed by atoms with Crippen molar-refractivity contribution < 1.29 is 0 Å². The van der Waals surface area contributed by atoms with E-state index in [-0.39, 0.29) is 0 Å². The van der Waals surface area contributed by atoms with Crippen LogP contribution in [-0.4, -0.2) is 60.6 Å². The number of hydrogen-bond donors (Lipinski definition) is 1. The zero-order chi connectivity index (χ0) is 15.4. The Kier molecular flexibility index (Phi) is 6.51. The van der Waals surface area contributed by atoms with E-state index in [0.29, 0.717) is 18.1 Å². The minimum Gasteiger partial charge on any atom is -0.313 e. The Morgan fingerprint density at radius 3 is 2.29 bits per heavy atom. The van der Waals surface area contributed by atoms with Crippen molar-refractivity contribution in [1.82, 2.24) is 15.1 Å². The molecule has 5 unspecified atom stereocenters. The minimum atomic E-state index is 0.683. The van der Waals surface area contributed by atoms with Gasteiger partial charge in [0, 0.05) is 37.3 Å². The largest absolute Gasteiger partial charge is 0.313 e. The molecule has 0 amide bonds. The Labute approximate surface area is 132 Å². The first kappa shape index (κ1) is 17.2. The van der Waals surface area contributed by atoms with E-state index in [0.717, 1.165) is 18.5 Å². The van der Waals surface area contributed by atoms with E-state index in [9.17, 15) is 0 Å². The average Bonchev–Trinajstić information content (AvgIpc) is 2.46. The number of nitrogens with one attached hydrogen (secondary N) is 1. The van der Waals surface area contributed by atoms with Crippen molar-refractivity contribution in [3.05, 3.63) is 0 Å². The molecule has 1 saturated carbocycles. The maximum atomic E-state index is 3.78. The molecule has 2 aliphatic rings. The summed E-state index contributed by atoms with van der Waals surface area (Å²) in [7, 11) is 2.29. The summed E-state index contributed by atoms with van der Waals surface area (Å²) in [5.41, 5.74) is 0. The number of rotatable bonds is 5. The number of likely N-dealkylation sites (N-methyl/N-ethyl adjacent to an activating group) is 2. The highest BCUT2D eigenvalue weighted by atomic mass is 15.3. The Bertz CT molecular complexity index is 295. The van der Waals surface area contributed by atoms with Crippen LogP contribution >= 0.6 is 0 Å². The van der Waals surface area contributed by atoms with Crippen molar-refractivity contribution in [1.29, 1.82) is 0 Å². The number of nitrogens with zero attached hydrogens (tertiary/aromatic N) is 2. The molecule has 5 atom stereocenters. The van der Waals surface area contributed by atoms with Gasteiger partial charge < -0.3 is 5.32 Å². The van der Waals surface area contributed by atoms with Crippen molar-refractivity contribution in [3.8, 4) is 0 Å². The summed E-state index contributed by atoms with van der Waals surface area (Å²) in [6.07, 6.45) is 6.99. The molecule has 1 saturated heterocycles. The second-order valence-corrected chi connectivity index (χ2v) is 7.52. The molecular weight excluding hydrogens is 258 g/mol. The van der Waals surface area contributed by atoms with Crippen LogP contribution in [0.3, 0.4) is 0 Å². The molecule has 0 radical (unpaired) electrons. The van der Waals surface area contributed by atoms with Gasteiger partial charge in [0.05, 0.1) is 0 Å². The summed E-state index contributed by atoms with van der Waals surface area (Å²) in [4.78, 5) is 5.36. The second kappa shape index (κ2) is 7.94. The Morgan fingerprint density at radius 1 is 1.05 bits per heavy atom. The Morgan fingerprint density at radius 2 is 1.71 bits per heavy atom. The van der Waals surface area contributed by atoms with E-state index in [1.807, 2.05) is 0 Å². The molecule has 0 spiro atoms. The van der Waals surface area contributed by atoms with E-state index in [1.54, 1.807) is 0 Å². The van der Waals surface area contributed by atoms with Crippen molar-refractivity contribution in [3.63, 3.8) is 0 Å². The van der Waals surface area contributed by atoms with E-state index >= 15 is 0 Å². The number of hydrogen-bond acceptors (Lipinski definition) is 3. The maximum absolute atomic E-state index is 3.78. The van der Waals surface area contributed by atoms with Gasteiger partial charge >= 0.3 is 0 Å². The molecule has 0 aromatic carbocycles. The van der Waals surface area contributed by atoms with Gasteiger partial charge in [0.1, 0.15) is 0 Å². The minimum absolute atomic E-state index is 0.683. The quantitative estimate of drug-likeness (QED) is 0.841. The lowest BCUT2D eigenvalue weighted by molar-refractivity contribution is 0.00343. The highest BCUT2D eigenvalue weighted by Gasteiger charge is 2.37. The molecule has 0 aromatic heterocycles. The molecule has 3 nitrogen and oxygen atoms in total. The monoisotopic (exact) mass is 295 g/mol. The zero-order valence-electron chi connectivity index (χ0n) is 14.9. The standard InChI is InChI=1S/C18H37N3/c1-6-8-16-9-10-17(19-7-2)18(11-16)21-12-14(3)20(5)15(4)13-21/h14-19H,6-13H2,1-5H3. The third-order valence-corrected chi connectivity index (χ3v) is 5.95. The molecular formula is C18H37N3. The van der Waals surface area contributed by atoms with Gasteiger partial charge in [-0.15, -0.1) is 0 Å². The first-order chi connectivity index (χ1) is 10.1. The van der Waals surface area contributed by atoms with Gasteiger partial charge in [0.25, 0.3) is 0 Å². The van der Waals surface area contributed by atoms with E-state index in [1.165, 1.54) is 45.2 Å². The number of piperazine rings is 1. The topological polar surface area (TPSA) is 18.5 Å². The van der Waals surface area contributed by atoms with Crippen molar-refractivity contribution in [2.24, 2.45) is 5.92 Å². The molecule has 0 bridgehead atoms. The van der Waals surface area contributed by atoms with Gasteiger partial charge in [0.2, 0.25) is 0 Å². The molecule has 124 valence electrons. The fraction of sp³-hybridized carbons (Fsp3) is 1.00. The van der Waals surface area contributed by atoms with Gasteiger partial charge in [0.15, 0.2) is 0 Å². The van der Waals surface area contributed by atoms with Gasteiger partial charge in [-0.2, -0.15) is 0 Å². The highest BCUT2D eigenvalue weighted by Crippen LogP contribution is 2.32. The van der Waals surface area contributed by atoms with Crippen LogP contribution in [0, 0.1) is 5.92 Å². The van der Waals surface area contributed by atoms with Crippen LogP contribution in [0.15, 0.2) is 0 Å². The molecule has 21 heavy (non-hydrogen) atoms. The molecule has 2 fully saturated rings. The fourth-order valence-corrected chi connectivity index (χ4v) is 4.52. The van der Waals surface area contributed by atoms with E-state index in [2.05, 4.69) is 49.9 Å². The summed E-state index contributed by atoms with van der Waals surface area (Å²) in [6, 6.07) is 2.84. The van der Waals surface area contributed by atoms with Gasteiger partial charge in [-0.05, 0) is 52.6 Å². The Balaban J connectivity index is 2.04. The van der Waals surface area contributed by atoms with E-state index in [4.69, 9.17) is 0 Å². The van der Waals surface area contributed by atoms with Crippen molar-refractivity contribution >= 4 is 0 Å². The second-order valence-electron chi connectivity index (χ2n) is 7.52. The van der Waals surface area contributed by atoms with Crippen LogP contribution in [0.4, 0.5) is 0 Å². The smallest absolute Gasteiger partial charge is 0.0253 e. The van der Waals surface area contributed by atoms with Gasteiger partial charge in [-0.1, -0.05) is 26.7 Å². The molecule has 1 aliphatic heterocycles. The molecule has 1 N–H and O–H groups in total. The summed E-state index contributed by atoms with van der Waals surface area (Å²) < 4.78 is 0. The summed E-state index contributed by atoms with van der Waals surface area (Å²) >= 11 is 0. The normalized spacial score (nSPS) is 39.6. The lowest BCUT2D eigenvalue weighted by Crippen LogP contribution is -2.62. The van der Waals surface area contributed by atoms with Crippen LogP contribution in [0.1, 0.15) is 59.8 Å². The first-order valence-electron chi connectivity index (χ1n) is 9.26. The molecule has 2 rings (SSSR count). The van der Waals surface area contributed by atoms with Crippen LogP contribution in [0.25, 0.3) is 0 Å². The van der Waals surface area contributed by atoms with Crippen LogP contribution in [0.2, 0.25) is 0 Å². The van der Waals surface area contributed by atoms with Crippen molar-refractivity contribution in [2.45, 2.75) is 84.0 Å². The van der Waals surface area contributed by atoms with Crippen molar-refractivity contribution in [2.75, 3.05) is 26.7 Å². The summed E-state index contributed by atoms with van der Waals surface area (Å²) in [6.45, 7) is 13.0. The van der Waals surface area contributed by atoms with Crippen LogP contribution in [0.5, 0.6) is 0 Å². The SMILES string of the molecule is CCCC1CCC(NCC)C(N2CC(C)N(C)C(C)C2)C1. The Hall–Kier alpha value is -0.120. The summed E-state index contributed by atoms with van der Waals surface area (Å²) in [5.74, 6) is 0.958. The third kappa shape index (κ3) is 4.20. The lowest BCUT2D eigenvalue weighted by atomic mass is 9.79. The predicted octanol–water partition coefficient (Wildman–Crippen LogP) is 2.96. The van der Waals surface area contributed by atoms with E-state index < -0.39 is 0 Å². The molecule has 1 heterocycles. The molecule has 3 heteroatoms.